The summed E-state index contributed by atoms with van der Waals surface area (Å²) in [6.07, 6.45) is 0.346. The fourth-order valence-electron chi connectivity index (χ4n) is 1.80. The van der Waals surface area contributed by atoms with Crippen LogP contribution in [0, 0.1) is 0 Å². The third-order valence-corrected chi connectivity index (χ3v) is 3.33. The molecule has 0 fully saturated rings. The van der Waals surface area contributed by atoms with Gasteiger partial charge in [-0.3, -0.25) is 4.79 Å². The number of hydrogen-bond donors (Lipinski definition) is 2. The maximum absolute atomic E-state index is 12.0. The van der Waals surface area contributed by atoms with E-state index < -0.39 is 0 Å². The lowest BCUT2D eigenvalue weighted by Crippen LogP contribution is -2.14. The number of amides is 1. The van der Waals surface area contributed by atoms with Crippen molar-refractivity contribution < 1.29 is 9.53 Å². The molecular weight excluding hydrogens is 332 g/mol. The van der Waals surface area contributed by atoms with Crippen LogP contribution in [0.25, 0.3) is 0 Å². The van der Waals surface area contributed by atoms with E-state index in [1.54, 1.807) is 0 Å². The Hall–Kier alpha value is -1.85. The van der Waals surface area contributed by atoms with Gasteiger partial charge in [0.15, 0.2) is 0 Å². The van der Waals surface area contributed by atoms with Crippen LogP contribution >= 0.6 is 15.9 Å². The molecule has 21 heavy (non-hydrogen) atoms. The van der Waals surface area contributed by atoms with Crippen LogP contribution in [0.1, 0.15) is 5.56 Å². The van der Waals surface area contributed by atoms with Gasteiger partial charge in [0, 0.05) is 16.7 Å². The van der Waals surface area contributed by atoms with Crippen molar-refractivity contribution in [3.63, 3.8) is 0 Å². The predicted octanol–water partition coefficient (Wildman–Crippen LogP) is 2.97. The van der Waals surface area contributed by atoms with E-state index >= 15 is 0 Å². The Morgan fingerprint density at radius 2 is 1.76 bits per heavy atom. The molecule has 0 bridgehead atoms. The van der Waals surface area contributed by atoms with E-state index in [0.717, 1.165) is 21.5 Å². The molecule has 0 saturated carbocycles. The zero-order valence-corrected chi connectivity index (χ0v) is 13.1. The monoisotopic (exact) mass is 348 g/mol. The summed E-state index contributed by atoms with van der Waals surface area (Å²) in [4.78, 5) is 12.0. The summed E-state index contributed by atoms with van der Waals surface area (Å²) in [5.41, 5.74) is 7.09. The molecule has 110 valence electrons. The van der Waals surface area contributed by atoms with Crippen LogP contribution in [0.4, 0.5) is 5.69 Å². The molecule has 0 aliphatic rings. The second-order valence-corrected chi connectivity index (χ2v) is 5.43. The second-order valence-electron chi connectivity index (χ2n) is 4.51. The van der Waals surface area contributed by atoms with Crippen molar-refractivity contribution in [3.8, 4) is 5.75 Å². The van der Waals surface area contributed by atoms with Crippen molar-refractivity contribution in [1.29, 1.82) is 0 Å². The van der Waals surface area contributed by atoms with Crippen molar-refractivity contribution >= 4 is 27.5 Å². The standard InChI is InChI=1S/C16H17BrN2O2/c17-13-3-1-12(2-4-13)11-16(20)19-14-5-7-15(8-6-14)21-10-9-18/h1-8H,9-11,18H2,(H,19,20). The average molecular weight is 349 g/mol. The first kappa shape index (κ1) is 15.5. The smallest absolute Gasteiger partial charge is 0.228 e. The van der Waals surface area contributed by atoms with Crippen LogP contribution < -0.4 is 15.8 Å². The van der Waals surface area contributed by atoms with Gasteiger partial charge < -0.3 is 15.8 Å². The van der Waals surface area contributed by atoms with Gasteiger partial charge >= 0.3 is 0 Å². The number of carbonyl (C=O) groups excluding carboxylic acids is 1. The number of ether oxygens (including phenoxy) is 1. The largest absolute Gasteiger partial charge is 0.492 e. The molecule has 0 aliphatic heterocycles. The van der Waals surface area contributed by atoms with Gasteiger partial charge in [0.05, 0.1) is 6.42 Å². The van der Waals surface area contributed by atoms with Crippen LogP contribution in [0.2, 0.25) is 0 Å². The molecule has 0 spiro atoms. The number of rotatable bonds is 6. The van der Waals surface area contributed by atoms with Crippen LogP contribution in [-0.2, 0) is 11.2 Å². The SMILES string of the molecule is NCCOc1ccc(NC(=O)Cc2ccc(Br)cc2)cc1. The van der Waals surface area contributed by atoms with Crippen molar-refractivity contribution in [2.24, 2.45) is 5.73 Å². The normalized spacial score (nSPS) is 10.2. The zero-order valence-electron chi connectivity index (χ0n) is 11.5. The van der Waals surface area contributed by atoms with E-state index in [4.69, 9.17) is 10.5 Å². The van der Waals surface area contributed by atoms with E-state index in [-0.39, 0.29) is 5.91 Å². The summed E-state index contributed by atoms with van der Waals surface area (Å²) in [5.74, 6) is 0.694. The van der Waals surface area contributed by atoms with Gasteiger partial charge in [0.1, 0.15) is 12.4 Å². The Balaban J connectivity index is 1.88. The van der Waals surface area contributed by atoms with Crippen LogP contribution in [0.3, 0.4) is 0 Å². The molecule has 0 heterocycles. The minimum atomic E-state index is -0.0482. The van der Waals surface area contributed by atoms with Crippen LogP contribution in [-0.4, -0.2) is 19.1 Å². The number of hydrogen-bond acceptors (Lipinski definition) is 3. The number of benzene rings is 2. The molecule has 0 radical (unpaired) electrons. The third kappa shape index (κ3) is 5.21. The van der Waals surface area contributed by atoms with E-state index in [1.807, 2.05) is 48.5 Å². The summed E-state index contributed by atoms with van der Waals surface area (Å²) in [7, 11) is 0. The van der Waals surface area contributed by atoms with Crippen molar-refractivity contribution in [3.05, 3.63) is 58.6 Å². The van der Waals surface area contributed by atoms with Crippen LogP contribution in [0.15, 0.2) is 53.0 Å². The summed E-state index contributed by atoms with van der Waals surface area (Å²) < 4.78 is 6.38. The lowest BCUT2D eigenvalue weighted by atomic mass is 10.1. The Morgan fingerprint density at radius 1 is 1.10 bits per heavy atom. The first-order valence-corrected chi connectivity index (χ1v) is 7.44. The number of halogens is 1. The summed E-state index contributed by atoms with van der Waals surface area (Å²) in [6.45, 7) is 0.959. The van der Waals surface area contributed by atoms with E-state index in [2.05, 4.69) is 21.2 Å². The summed E-state index contributed by atoms with van der Waals surface area (Å²) >= 11 is 3.37. The highest BCUT2D eigenvalue weighted by Crippen LogP contribution is 2.16. The molecular formula is C16H17BrN2O2. The first-order valence-electron chi connectivity index (χ1n) is 6.64. The maximum atomic E-state index is 12.0. The molecule has 0 atom stereocenters. The minimum absolute atomic E-state index is 0.0482. The Labute approximate surface area is 132 Å². The van der Waals surface area contributed by atoms with Crippen LogP contribution in [0.5, 0.6) is 5.75 Å². The predicted molar refractivity (Wildman–Crippen MR) is 87.5 cm³/mol. The Kier molecular flexibility index (Phi) is 5.78. The molecule has 2 rings (SSSR count). The van der Waals surface area contributed by atoms with Gasteiger partial charge in [0.2, 0.25) is 5.91 Å². The van der Waals surface area contributed by atoms with Gasteiger partial charge in [0.25, 0.3) is 0 Å². The highest BCUT2D eigenvalue weighted by molar-refractivity contribution is 9.10. The molecule has 0 aliphatic carbocycles. The van der Waals surface area contributed by atoms with E-state index in [1.165, 1.54) is 0 Å². The molecule has 1 amide bonds. The number of nitrogens with one attached hydrogen (secondary N) is 1. The molecule has 5 heteroatoms. The van der Waals surface area contributed by atoms with Crippen molar-refractivity contribution in [2.45, 2.75) is 6.42 Å². The number of anilines is 1. The topological polar surface area (TPSA) is 64.3 Å². The lowest BCUT2D eigenvalue weighted by Gasteiger charge is -2.08. The fraction of sp³-hybridized carbons (Fsp3) is 0.188. The molecule has 0 aromatic heterocycles. The van der Waals surface area contributed by atoms with Gasteiger partial charge in [-0.15, -0.1) is 0 Å². The van der Waals surface area contributed by atoms with Crippen molar-refractivity contribution in [2.75, 3.05) is 18.5 Å². The molecule has 2 aromatic carbocycles. The zero-order chi connectivity index (χ0) is 15.1. The quantitative estimate of drug-likeness (QED) is 0.843. The van der Waals surface area contributed by atoms with Gasteiger partial charge in [-0.25, -0.2) is 0 Å². The van der Waals surface area contributed by atoms with E-state index in [0.29, 0.717) is 19.6 Å². The molecule has 2 aromatic rings. The van der Waals surface area contributed by atoms with Gasteiger partial charge in [-0.2, -0.15) is 0 Å². The minimum Gasteiger partial charge on any atom is -0.492 e. The van der Waals surface area contributed by atoms with Crippen molar-refractivity contribution in [1.82, 2.24) is 0 Å². The number of carbonyl (C=O) groups is 1. The second kappa shape index (κ2) is 7.81. The molecule has 0 unspecified atom stereocenters. The summed E-state index contributed by atoms with van der Waals surface area (Å²) in [6, 6.07) is 14.9. The highest BCUT2D eigenvalue weighted by atomic mass is 79.9. The van der Waals surface area contributed by atoms with E-state index in [9.17, 15) is 4.79 Å². The highest BCUT2D eigenvalue weighted by Gasteiger charge is 2.04. The average Bonchev–Trinajstić information content (AvgIpc) is 2.49. The maximum Gasteiger partial charge on any atom is 0.228 e. The van der Waals surface area contributed by atoms with Gasteiger partial charge in [-0.05, 0) is 42.0 Å². The third-order valence-electron chi connectivity index (χ3n) is 2.80. The Morgan fingerprint density at radius 3 is 2.38 bits per heavy atom. The summed E-state index contributed by atoms with van der Waals surface area (Å²) in [5, 5.41) is 2.86. The fourth-order valence-corrected chi connectivity index (χ4v) is 2.07. The Bertz CT molecular complexity index is 582. The molecule has 3 N–H and O–H groups in total. The number of nitrogens with two attached hydrogens (primary N) is 1. The molecule has 0 saturated heterocycles. The van der Waals surface area contributed by atoms with Gasteiger partial charge in [-0.1, -0.05) is 28.1 Å². The lowest BCUT2D eigenvalue weighted by molar-refractivity contribution is -0.115. The first-order chi connectivity index (χ1) is 10.2. The molecule has 4 nitrogen and oxygen atoms in total.